The molecule has 148 valence electrons. The minimum atomic E-state index is -3.66. The molecular weight excluding hydrogens is 414 g/mol. The molecule has 9 heteroatoms. The van der Waals surface area contributed by atoms with Crippen LogP contribution in [0.3, 0.4) is 0 Å². The van der Waals surface area contributed by atoms with Gasteiger partial charge in [-0.15, -0.1) is 11.3 Å². The van der Waals surface area contributed by atoms with Crippen LogP contribution in [0, 0.1) is 0 Å². The van der Waals surface area contributed by atoms with Gasteiger partial charge in [-0.3, -0.25) is 4.79 Å². The average molecular weight is 436 g/mol. The second-order valence-electron chi connectivity index (χ2n) is 7.17. The van der Waals surface area contributed by atoms with Crippen LogP contribution >= 0.6 is 23.1 Å². The number of para-hydroxylation sites is 1. The summed E-state index contributed by atoms with van der Waals surface area (Å²) in [5.74, 6) is -0.0283. The number of aromatic nitrogens is 1. The zero-order valence-corrected chi connectivity index (χ0v) is 18.2. The number of thiazole rings is 1. The van der Waals surface area contributed by atoms with Crippen molar-refractivity contribution < 1.29 is 13.2 Å². The number of nitrogens with zero attached hydrogens (tertiary/aromatic N) is 1. The SMILES string of the molecule is CC(C)(C)NS(=O)(=O)c1cccc(NC(=O)CSc2nc3ccccc3s2)c1. The fourth-order valence-corrected chi connectivity index (χ4v) is 5.77. The Labute approximate surface area is 172 Å². The molecule has 0 atom stereocenters. The molecule has 0 bridgehead atoms. The Morgan fingerprint density at radius 2 is 1.89 bits per heavy atom. The number of anilines is 1. The summed E-state index contributed by atoms with van der Waals surface area (Å²) in [6, 6.07) is 14.0. The first-order valence-corrected chi connectivity index (χ1v) is 11.8. The Balaban J connectivity index is 1.64. The fraction of sp³-hybridized carbons (Fsp3) is 0.263. The molecular formula is C19H21N3O3S3. The Hall–Kier alpha value is -1.94. The molecule has 1 amide bonds. The highest BCUT2D eigenvalue weighted by atomic mass is 32.2. The van der Waals surface area contributed by atoms with Gasteiger partial charge in [-0.05, 0) is 51.1 Å². The van der Waals surface area contributed by atoms with Crippen molar-refractivity contribution in [2.45, 2.75) is 35.5 Å². The summed E-state index contributed by atoms with van der Waals surface area (Å²) in [4.78, 5) is 16.9. The monoisotopic (exact) mass is 435 g/mol. The van der Waals surface area contributed by atoms with E-state index in [-0.39, 0.29) is 16.6 Å². The Kier molecular flexibility index (Phi) is 6.09. The number of amides is 1. The van der Waals surface area contributed by atoms with Crippen LogP contribution in [0.2, 0.25) is 0 Å². The second kappa shape index (κ2) is 8.20. The van der Waals surface area contributed by atoms with Crippen molar-refractivity contribution >= 4 is 54.9 Å². The quantitative estimate of drug-likeness (QED) is 0.569. The molecule has 3 aromatic rings. The summed E-state index contributed by atoms with van der Waals surface area (Å²) >= 11 is 2.90. The van der Waals surface area contributed by atoms with E-state index in [1.807, 2.05) is 24.3 Å². The van der Waals surface area contributed by atoms with Crippen molar-refractivity contribution in [3.8, 4) is 0 Å². The third-order valence-electron chi connectivity index (χ3n) is 3.47. The van der Waals surface area contributed by atoms with Gasteiger partial charge in [0, 0.05) is 11.2 Å². The number of hydrogen-bond donors (Lipinski definition) is 2. The summed E-state index contributed by atoms with van der Waals surface area (Å²) in [6.45, 7) is 5.32. The Bertz CT molecular complexity index is 1070. The molecule has 0 unspecified atom stereocenters. The molecule has 0 aliphatic heterocycles. The van der Waals surface area contributed by atoms with E-state index in [0.717, 1.165) is 14.6 Å². The maximum atomic E-state index is 12.4. The largest absolute Gasteiger partial charge is 0.325 e. The highest BCUT2D eigenvalue weighted by Crippen LogP contribution is 2.29. The van der Waals surface area contributed by atoms with Gasteiger partial charge in [-0.2, -0.15) is 0 Å². The number of sulfonamides is 1. The molecule has 0 aliphatic carbocycles. The van der Waals surface area contributed by atoms with E-state index >= 15 is 0 Å². The first-order valence-electron chi connectivity index (χ1n) is 8.55. The van der Waals surface area contributed by atoms with Gasteiger partial charge in [0.05, 0.1) is 20.9 Å². The summed E-state index contributed by atoms with van der Waals surface area (Å²) < 4.78 is 29.4. The molecule has 3 rings (SSSR count). The minimum absolute atomic E-state index is 0.110. The first-order chi connectivity index (χ1) is 13.1. The van der Waals surface area contributed by atoms with Gasteiger partial charge in [0.2, 0.25) is 15.9 Å². The van der Waals surface area contributed by atoms with Gasteiger partial charge in [-0.1, -0.05) is 30.0 Å². The topological polar surface area (TPSA) is 88.2 Å². The van der Waals surface area contributed by atoms with Crippen LogP contribution in [-0.4, -0.2) is 30.6 Å². The lowest BCUT2D eigenvalue weighted by atomic mass is 10.1. The molecule has 0 radical (unpaired) electrons. The number of rotatable bonds is 6. The lowest BCUT2D eigenvalue weighted by Crippen LogP contribution is -2.40. The summed E-state index contributed by atoms with van der Waals surface area (Å²) in [5.41, 5.74) is 0.762. The third kappa shape index (κ3) is 5.54. The summed E-state index contributed by atoms with van der Waals surface area (Å²) in [5, 5.41) is 2.75. The number of carbonyl (C=O) groups is 1. The molecule has 1 heterocycles. The van der Waals surface area contributed by atoms with E-state index < -0.39 is 15.6 Å². The van der Waals surface area contributed by atoms with Crippen molar-refractivity contribution in [3.63, 3.8) is 0 Å². The Morgan fingerprint density at radius 1 is 1.14 bits per heavy atom. The number of carbonyl (C=O) groups excluding carboxylic acids is 1. The number of nitrogens with one attached hydrogen (secondary N) is 2. The lowest BCUT2D eigenvalue weighted by molar-refractivity contribution is -0.113. The maximum Gasteiger partial charge on any atom is 0.241 e. The van der Waals surface area contributed by atoms with Crippen LogP contribution in [0.15, 0.2) is 57.8 Å². The van der Waals surface area contributed by atoms with Gasteiger partial charge in [-0.25, -0.2) is 18.1 Å². The van der Waals surface area contributed by atoms with Crippen molar-refractivity contribution in [3.05, 3.63) is 48.5 Å². The lowest BCUT2D eigenvalue weighted by Gasteiger charge is -2.20. The van der Waals surface area contributed by atoms with Gasteiger partial charge in [0.1, 0.15) is 0 Å². The molecule has 0 aliphatic rings. The van der Waals surface area contributed by atoms with E-state index in [1.54, 1.807) is 44.2 Å². The number of benzene rings is 2. The second-order valence-corrected chi connectivity index (χ2v) is 11.1. The summed E-state index contributed by atoms with van der Waals surface area (Å²) in [7, 11) is -3.66. The molecule has 2 aromatic carbocycles. The van der Waals surface area contributed by atoms with Gasteiger partial charge in [0.25, 0.3) is 0 Å². The van der Waals surface area contributed by atoms with Crippen molar-refractivity contribution in [2.24, 2.45) is 0 Å². The van der Waals surface area contributed by atoms with Gasteiger partial charge in [0.15, 0.2) is 4.34 Å². The summed E-state index contributed by atoms with van der Waals surface area (Å²) in [6.07, 6.45) is 0. The molecule has 6 nitrogen and oxygen atoms in total. The van der Waals surface area contributed by atoms with Crippen LogP contribution in [-0.2, 0) is 14.8 Å². The van der Waals surface area contributed by atoms with Crippen LogP contribution in [0.5, 0.6) is 0 Å². The maximum absolute atomic E-state index is 12.4. The van der Waals surface area contributed by atoms with E-state index in [9.17, 15) is 13.2 Å². The van der Waals surface area contributed by atoms with Crippen molar-refractivity contribution in [2.75, 3.05) is 11.1 Å². The van der Waals surface area contributed by atoms with E-state index in [0.29, 0.717) is 5.69 Å². The molecule has 28 heavy (non-hydrogen) atoms. The molecule has 0 saturated carbocycles. The predicted molar refractivity (Wildman–Crippen MR) is 115 cm³/mol. The zero-order chi connectivity index (χ0) is 20.4. The van der Waals surface area contributed by atoms with Crippen molar-refractivity contribution in [1.29, 1.82) is 0 Å². The number of thioether (sulfide) groups is 1. The van der Waals surface area contributed by atoms with Crippen molar-refractivity contribution in [1.82, 2.24) is 9.71 Å². The number of hydrogen-bond acceptors (Lipinski definition) is 6. The van der Waals surface area contributed by atoms with Crippen LogP contribution in [0.1, 0.15) is 20.8 Å². The van der Waals surface area contributed by atoms with E-state index in [1.165, 1.54) is 23.9 Å². The van der Waals surface area contributed by atoms with Crippen LogP contribution < -0.4 is 10.0 Å². The standard InChI is InChI=1S/C19H21N3O3S3/c1-19(2,3)22-28(24,25)14-8-6-7-13(11-14)20-17(23)12-26-18-21-15-9-4-5-10-16(15)27-18/h4-11,22H,12H2,1-3H3,(H,20,23). The molecule has 0 saturated heterocycles. The third-order valence-corrected chi connectivity index (χ3v) is 7.40. The van der Waals surface area contributed by atoms with E-state index in [2.05, 4.69) is 15.0 Å². The Morgan fingerprint density at radius 3 is 2.61 bits per heavy atom. The molecule has 1 aromatic heterocycles. The molecule has 0 fully saturated rings. The minimum Gasteiger partial charge on any atom is -0.325 e. The first kappa shape index (κ1) is 20.8. The zero-order valence-electron chi connectivity index (χ0n) is 15.7. The van der Waals surface area contributed by atoms with E-state index in [4.69, 9.17) is 0 Å². The molecule has 0 spiro atoms. The van der Waals surface area contributed by atoms with Crippen LogP contribution in [0.4, 0.5) is 5.69 Å². The van der Waals surface area contributed by atoms with Gasteiger partial charge >= 0.3 is 0 Å². The smallest absolute Gasteiger partial charge is 0.241 e. The predicted octanol–water partition coefficient (Wildman–Crippen LogP) is 4.10. The van der Waals surface area contributed by atoms with Gasteiger partial charge < -0.3 is 5.32 Å². The number of fused-ring (bicyclic) bond motifs is 1. The molecule has 2 N–H and O–H groups in total. The van der Waals surface area contributed by atoms with Crippen LogP contribution in [0.25, 0.3) is 10.2 Å². The highest BCUT2D eigenvalue weighted by molar-refractivity contribution is 8.01. The fourth-order valence-electron chi connectivity index (χ4n) is 2.44. The normalized spacial score (nSPS) is 12.2. The average Bonchev–Trinajstić information content (AvgIpc) is 3.01. The highest BCUT2D eigenvalue weighted by Gasteiger charge is 2.22.